The Balaban J connectivity index is 1.38. The van der Waals surface area contributed by atoms with Gasteiger partial charge >= 0.3 is 0 Å². The molecule has 5 rings (SSSR count). The van der Waals surface area contributed by atoms with Crippen molar-refractivity contribution in [1.29, 1.82) is 0 Å². The van der Waals surface area contributed by atoms with Crippen molar-refractivity contribution in [2.45, 2.75) is 88.9 Å². The summed E-state index contributed by atoms with van der Waals surface area (Å²) in [6, 6.07) is 21.7. The van der Waals surface area contributed by atoms with E-state index in [1.807, 2.05) is 61.5 Å². The molecule has 55 heavy (non-hydrogen) atoms. The average Bonchev–Trinajstić information content (AvgIpc) is 3.72. The molecule has 9 nitrogen and oxygen atoms in total. The van der Waals surface area contributed by atoms with Crippen molar-refractivity contribution >= 4 is 34.4 Å². The molecule has 0 aliphatic heterocycles. The number of halogens is 2. The van der Waals surface area contributed by atoms with E-state index < -0.39 is 53.5 Å². The van der Waals surface area contributed by atoms with Crippen LogP contribution in [0.5, 0.6) is 0 Å². The molecule has 11 heteroatoms. The molecule has 3 atom stereocenters. The zero-order chi connectivity index (χ0) is 39.3. The van der Waals surface area contributed by atoms with Gasteiger partial charge in [0, 0.05) is 12.8 Å². The first-order valence-corrected chi connectivity index (χ1v) is 19.3. The molecule has 0 saturated heterocycles. The summed E-state index contributed by atoms with van der Waals surface area (Å²) in [7, 11) is 3.93. The third kappa shape index (κ3) is 11.9. The molecule has 1 saturated carbocycles. The maximum Gasteiger partial charge on any atom is 0.243 e. The van der Waals surface area contributed by atoms with E-state index in [1.54, 1.807) is 31.2 Å². The van der Waals surface area contributed by atoms with Crippen molar-refractivity contribution in [1.82, 2.24) is 26.2 Å². The van der Waals surface area contributed by atoms with Gasteiger partial charge in [-0.2, -0.15) is 0 Å². The molecule has 4 aromatic rings. The maximum atomic E-state index is 14.3. The van der Waals surface area contributed by atoms with Crippen molar-refractivity contribution in [2.24, 2.45) is 5.92 Å². The number of carbonyl (C=O) groups is 4. The number of amides is 4. The second kappa shape index (κ2) is 20.0. The second-order valence-corrected chi connectivity index (χ2v) is 14.8. The first-order chi connectivity index (χ1) is 26.5. The number of fused-ring (bicyclic) bond motifs is 1. The lowest BCUT2D eigenvalue weighted by molar-refractivity contribution is -0.135. The fourth-order valence-electron chi connectivity index (χ4n) is 7.27. The first-order valence-electron chi connectivity index (χ1n) is 19.3. The Kier molecular flexibility index (Phi) is 14.9. The number of carbonyl (C=O) groups excluding carboxylic acids is 4. The molecule has 0 aromatic heterocycles. The number of hydrogen-bond acceptors (Lipinski definition) is 5. The van der Waals surface area contributed by atoms with Gasteiger partial charge in [0.1, 0.15) is 29.8 Å². The highest BCUT2D eigenvalue weighted by Crippen LogP contribution is 2.29. The molecule has 4 N–H and O–H groups in total. The van der Waals surface area contributed by atoms with Gasteiger partial charge in [-0.15, -0.1) is 0 Å². The largest absolute Gasteiger partial charge is 0.344 e. The van der Waals surface area contributed by atoms with Gasteiger partial charge in [0.05, 0.1) is 6.04 Å². The topological polar surface area (TPSA) is 120 Å². The van der Waals surface area contributed by atoms with Crippen LogP contribution < -0.4 is 21.3 Å². The normalized spacial score (nSPS) is 14.7. The molecule has 0 spiro atoms. The lowest BCUT2D eigenvalue weighted by Gasteiger charge is -2.29. The van der Waals surface area contributed by atoms with Gasteiger partial charge in [0.2, 0.25) is 23.6 Å². The summed E-state index contributed by atoms with van der Waals surface area (Å²) in [4.78, 5) is 57.3. The van der Waals surface area contributed by atoms with Crippen LogP contribution >= 0.6 is 0 Å². The van der Waals surface area contributed by atoms with Crippen LogP contribution in [0, 0.1) is 17.6 Å². The van der Waals surface area contributed by atoms with Crippen molar-refractivity contribution in [3.05, 3.63) is 119 Å². The van der Waals surface area contributed by atoms with Gasteiger partial charge in [-0.05, 0) is 110 Å². The maximum absolute atomic E-state index is 14.3. The van der Waals surface area contributed by atoms with E-state index >= 15 is 0 Å². The van der Waals surface area contributed by atoms with Crippen molar-refractivity contribution in [3.8, 4) is 0 Å². The van der Waals surface area contributed by atoms with E-state index in [-0.39, 0.29) is 24.7 Å². The Bertz CT molecular complexity index is 1850. The molecule has 292 valence electrons. The molecule has 0 radical (unpaired) electrons. The monoisotopic (exact) mass is 753 g/mol. The zero-order valence-electron chi connectivity index (χ0n) is 32.0. The summed E-state index contributed by atoms with van der Waals surface area (Å²) in [5, 5.41) is 14.0. The van der Waals surface area contributed by atoms with Crippen LogP contribution in [-0.2, 0) is 25.6 Å². The fourth-order valence-corrected chi connectivity index (χ4v) is 7.27. The van der Waals surface area contributed by atoms with E-state index in [4.69, 9.17) is 0 Å². The summed E-state index contributed by atoms with van der Waals surface area (Å²) in [6.45, 7) is 2.51. The van der Waals surface area contributed by atoms with Crippen molar-refractivity contribution in [2.75, 3.05) is 20.6 Å². The summed E-state index contributed by atoms with van der Waals surface area (Å²) >= 11 is 0. The van der Waals surface area contributed by atoms with Gasteiger partial charge in [-0.1, -0.05) is 86.5 Å². The molecule has 1 fully saturated rings. The Morgan fingerprint density at radius 2 is 1.29 bits per heavy atom. The number of unbranched alkanes of at least 4 members (excludes halogenated alkanes) is 1. The number of hydrogen-bond donors (Lipinski definition) is 4. The third-order valence-electron chi connectivity index (χ3n) is 10.4. The van der Waals surface area contributed by atoms with Crippen molar-refractivity contribution < 1.29 is 28.0 Å². The minimum absolute atomic E-state index is 0.157. The summed E-state index contributed by atoms with van der Waals surface area (Å²) in [5.41, 5.74) is 2.03. The molecule has 4 amide bonds. The predicted molar refractivity (Wildman–Crippen MR) is 211 cm³/mol. The third-order valence-corrected chi connectivity index (χ3v) is 10.4. The highest BCUT2D eigenvalue weighted by atomic mass is 19.1. The standard InChI is InChI=1S/C44H53F2N5O4/c1-4-39(52)47-38(28-29-16-17-30-11-5-8-14-34(30)27-29)43(54)50-41(31-12-6-7-13-31)44(55)48-37(15-9-10-26-51(2)3)42(53)49-40(32-18-22-35(45)23-19-32)33-20-24-36(46)25-21-33/h5,8,11,14,16-25,27,31,37-38,40-41H,4,6-7,9-10,12-13,15,26,28H2,1-3H3,(H,47,52)(H,48,55)(H,49,53)(H,50,54)/t37-,38-,41-/m0/s1. The van der Waals surface area contributed by atoms with Gasteiger partial charge in [0.25, 0.3) is 0 Å². The second-order valence-electron chi connectivity index (χ2n) is 14.8. The average molecular weight is 754 g/mol. The van der Waals surface area contributed by atoms with Gasteiger partial charge < -0.3 is 26.2 Å². The van der Waals surface area contributed by atoms with Gasteiger partial charge in [-0.3, -0.25) is 19.2 Å². The van der Waals surface area contributed by atoms with E-state index in [0.29, 0.717) is 24.0 Å². The first kappa shape index (κ1) is 41.0. The fraction of sp³-hybridized carbons (Fsp3) is 0.409. The van der Waals surface area contributed by atoms with Crippen LogP contribution in [0.3, 0.4) is 0 Å². The zero-order valence-corrected chi connectivity index (χ0v) is 32.0. The van der Waals surface area contributed by atoms with E-state index in [9.17, 15) is 28.0 Å². The highest BCUT2D eigenvalue weighted by molar-refractivity contribution is 5.95. The quantitative estimate of drug-likeness (QED) is 0.0884. The lowest BCUT2D eigenvalue weighted by Crippen LogP contribution is -2.59. The predicted octanol–water partition coefficient (Wildman–Crippen LogP) is 6.35. The number of benzene rings is 4. The van der Waals surface area contributed by atoms with Crippen LogP contribution in [-0.4, -0.2) is 67.3 Å². The molecular formula is C44H53F2N5O4. The molecule has 0 unspecified atom stereocenters. The van der Waals surface area contributed by atoms with Gasteiger partial charge in [-0.25, -0.2) is 8.78 Å². The Morgan fingerprint density at radius 3 is 1.89 bits per heavy atom. The van der Waals surface area contributed by atoms with E-state index in [0.717, 1.165) is 55.0 Å². The molecule has 0 bridgehead atoms. The molecule has 4 aromatic carbocycles. The van der Waals surface area contributed by atoms with E-state index in [2.05, 4.69) is 21.3 Å². The minimum atomic E-state index is -0.966. The molecular weight excluding hydrogens is 701 g/mol. The van der Waals surface area contributed by atoms with E-state index in [1.165, 1.54) is 24.3 Å². The summed E-state index contributed by atoms with van der Waals surface area (Å²) in [5.74, 6) is -2.72. The summed E-state index contributed by atoms with van der Waals surface area (Å²) in [6.07, 6.45) is 5.42. The Morgan fingerprint density at radius 1 is 0.691 bits per heavy atom. The van der Waals surface area contributed by atoms with Crippen LogP contribution in [0.4, 0.5) is 8.78 Å². The molecule has 0 heterocycles. The highest BCUT2D eigenvalue weighted by Gasteiger charge is 2.36. The van der Waals surface area contributed by atoms with Crippen LogP contribution in [0.2, 0.25) is 0 Å². The number of nitrogens with one attached hydrogen (secondary N) is 4. The molecule has 1 aliphatic rings. The lowest BCUT2D eigenvalue weighted by atomic mass is 9.95. The van der Waals surface area contributed by atoms with Crippen LogP contribution in [0.15, 0.2) is 91.0 Å². The minimum Gasteiger partial charge on any atom is -0.344 e. The smallest absolute Gasteiger partial charge is 0.243 e. The number of nitrogens with zero attached hydrogens (tertiary/aromatic N) is 1. The Labute approximate surface area is 322 Å². The number of rotatable bonds is 18. The Hall–Kier alpha value is -5.16. The van der Waals surface area contributed by atoms with Gasteiger partial charge in [0.15, 0.2) is 0 Å². The molecule has 1 aliphatic carbocycles. The van der Waals surface area contributed by atoms with Crippen LogP contribution in [0.1, 0.15) is 81.0 Å². The van der Waals surface area contributed by atoms with Crippen molar-refractivity contribution in [3.63, 3.8) is 0 Å². The SMILES string of the molecule is CCC(=O)N[C@@H](Cc1ccc2ccccc2c1)C(=O)N[C@H](C(=O)N[C@@H](CCCCN(C)C)C(=O)NC(c1ccc(F)cc1)c1ccc(F)cc1)C1CCCC1. The summed E-state index contributed by atoms with van der Waals surface area (Å²) < 4.78 is 27.8. The van der Waals surface area contributed by atoms with Crippen LogP contribution in [0.25, 0.3) is 10.8 Å².